The van der Waals surface area contributed by atoms with Crippen LogP contribution in [0, 0.1) is 6.92 Å². The van der Waals surface area contributed by atoms with Crippen LogP contribution in [0.4, 0.5) is 11.4 Å². The third-order valence-electron chi connectivity index (χ3n) is 8.00. The van der Waals surface area contributed by atoms with Crippen molar-refractivity contribution in [3.63, 3.8) is 0 Å². The van der Waals surface area contributed by atoms with E-state index >= 15 is 0 Å². The molecule has 1 saturated heterocycles. The predicted octanol–water partition coefficient (Wildman–Crippen LogP) is 5.66. The van der Waals surface area contributed by atoms with Gasteiger partial charge in [-0.2, -0.15) is 0 Å². The molecule has 2 heterocycles. The highest BCUT2D eigenvalue weighted by atomic mass is 35.5. The third kappa shape index (κ3) is 7.01. The molecular weight excluding hydrogens is 552 g/mol. The van der Waals surface area contributed by atoms with Gasteiger partial charge >= 0.3 is 0 Å². The molecule has 0 aliphatic carbocycles. The molecule has 3 aromatic rings. The van der Waals surface area contributed by atoms with Crippen molar-refractivity contribution in [1.29, 1.82) is 0 Å². The molecule has 5 rings (SSSR count). The summed E-state index contributed by atoms with van der Waals surface area (Å²) < 4.78 is 6.16. The number of fused-ring (bicyclic) bond motifs is 1. The number of ether oxygens (including phenoxy) is 1. The average molecular weight is 589 g/mol. The molecule has 0 spiro atoms. The Hall–Kier alpha value is -3.72. The minimum absolute atomic E-state index is 0.0570. The van der Waals surface area contributed by atoms with Gasteiger partial charge in [0.15, 0.2) is 0 Å². The average Bonchev–Trinajstić information content (AvgIpc) is 3.12. The smallest absolute Gasteiger partial charge is 0.258 e. The minimum atomic E-state index is -0.378. The van der Waals surface area contributed by atoms with E-state index in [1.54, 1.807) is 41.3 Å². The number of hydrogen-bond acceptors (Lipinski definition) is 5. The van der Waals surface area contributed by atoms with Gasteiger partial charge < -0.3 is 25.6 Å². The molecule has 2 unspecified atom stereocenters. The number of nitrogens with zero attached hydrogens (tertiary/aromatic N) is 1. The number of hydrogen-bond donors (Lipinski definition) is 3. The van der Waals surface area contributed by atoms with Crippen molar-refractivity contribution in [1.82, 2.24) is 10.6 Å². The number of benzene rings is 3. The minimum Gasteiger partial charge on any atom is -0.364 e. The van der Waals surface area contributed by atoms with Crippen LogP contribution in [0.25, 0.3) is 0 Å². The summed E-state index contributed by atoms with van der Waals surface area (Å²) in [5, 5.41) is 9.82. The first-order valence-corrected chi connectivity index (χ1v) is 14.9. The Bertz CT molecular complexity index is 1440. The fourth-order valence-corrected chi connectivity index (χ4v) is 5.85. The number of anilines is 2. The van der Waals surface area contributed by atoms with Gasteiger partial charge in [-0.05, 0) is 107 Å². The van der Waals surface area contributed by atoms with Crippen molar-refractivity contribution in [2.75, 3.05) is 29.9 Å². The Balaban J connectivity index is 1.30. The van der Waals surface area contributed by atoms with Crippen molar-refractivity contribution in [3.8, 4) is 0 Å². The Labute approximate surface area is 251 Å². The van der Waals surface area contributed by atoms with Crippen LogP contribution in [0.2, 0.25) is 5.02 Å². The van der Waals surface area contributed by atoms with Crippen LogP contribution in [0.3, 0.4) is 0 Å². The van der Waals surface area contributed by atoms with Gasteiger partial charge in [0, 0.05) is 39.5 Å². The predicted molar refractivity (Wildman–Crippen MR) is 165 cm³/mol. The van der Waals surface area contributed by atoms with E-state index in [9.17, 15) is 14.4 Å². The molecule has 8 nitrogen and oxygen atoms in total. The van der Waals surface area contributed by atoms with Crippen molar-refractivity contribution >= 4 is 40.7 Å². The van der Waals surface area contributed by atoms with Crippen LogP contribution < -0.4 is 20.9 Å². The van der Waals surface area contributed by atoms with Gasteiger partial charge in [-0.1, -0.05) is 29.8 Å². The van der Waals surface area contributed by atoms with Gasteiger partial charge in [-0.15, -0.1) is 0 Å². The first kappa shape index (κ1) is 29.8. The quantitative estimate of drug-likeness (QED) is 0.331. The second-order valence-corrected chi connectivity index (χ2v) is 11.5. The van der Waals surface area contributed by atoms with Gasteiger partial charge in [0.2, 0.25) is 5.91 Å². The molecule has 2 atom stereocenters. The summed E-state index contributed by atoms with van der Waals surface area (Å²) in [6.45, 7) is 5.64. The molecule has 9 heteroatoms. The lowest BCUT2D eigenvalue weighted by Crippen LogP contribution is -2.44. The highest BCUT2D eigenvalue weighted by Gasteiger charge is 2.32. The van der Waals surface area contributed by atoms with Crippen LogP contribution >= 0.6 is 11.6 Å². The Morgan fingerprint density at radius 3 is 2.45 bits per heavy atom. The number of carbonyl (C=O) groups is 3. The molecule has 220 valence electrons. The molecule has 0 radical (unpaired) electrons. The second kappa shape index (κ2) is 13.5. The summed E-state index contributed by atoms with van der Waals surface area (Å²) in [6, 6.07) is 19.8. The van der Waals surface area contributed by atoms with Crippen LogP contribution in [-0.4, -0.2) is 49.5 Å². The van der Waals surface area contributed by atoms with Crippen molar-refractivity contribution in [2.24, 2.45) is 0 Å². The second-order valence-electron chi connectivity index (χ2n) is 11.0. The maximum Gasteiger partial charge on any atom is 0.258 e. The zero-order valence-corrected chi connectivity index (χ0v) is 24.7. The zero-order chi connectivity index (χ0) is 29.6. The first-order valence-electron chi connectivity index (χ1n) is 14.5. The molecule has 1 fully saturated rings. The lowest BCUT2D eigenvalue weighted by atomic mass is 10.0. The van der Waals surface area contributed by atoms with Gasteiger partial charge in [0.25, 0.3) is 11.8 Å². The highest BCUT2D eigenvalue weighted by Crippen LogP contribution is 2.39. The van der Waals surface area contributed by atoms with Crippen LogP contribution in [0.1, 0.15) is 70.6 Å². The molecule has 3 amide bonds. The lowest BCUT2D eigenvalue weighted by molar-refractivity contribution is -0.128. The summed E-state index contributed by atoms with van der Waals surface area (Å²) in [6.07, 6.45) is 2.76. The number of rotatable bonds is 7. The molecule has 0 aromatic heterocycles. The summed E-state index contributed by atoms with van der Waals surface area (Å²) in [5.41, 5.74) is 4.10. The zero-order valence-electron chi connectivity index (χ0n) is 24.0. The maximum absolute atomic E-state index is 13.9. The number of carbonyl (C=O) groups excluding carboxylic acids is 3. The van der Waals surface area contributed by atoms with Crippen LogP contribution in [0.15, 0.2) is 66.7 Å². The molecule has 0 saturated carbocycles. The molecule has 0 bridgehead atoms. The largest absolute Gasteiger partial charge is 0.364 e. The number of halogens is 1. The van der Waals surface area contributed by atoms with Crippen molar-refractivity contribution in [2.45, 2.75) is 57.7 Å². The van der Waals surface area contributed by atoms with E-state index in [4.69, 9.17) is 16.3 Å². The standard InChI is InChI=1S/C33H37ClN4O4/c1-21-5-3-4-6-27(21)32(40)37-25-11-8-23(9-12-25)33(41)38-22(2)7-14-30(28-19-24(34)10-13-29(28)38)42-20-31(39)36-26-15-17-35-18-16-26/h3-6,8-13,19,22,26,30,35H,7,14-18,20H2,1-2H3,(H,36,39)(H,37,40). The van der Waals surface area contributed by atoms with E-state index in [1.807, 2.05) is 44.2 Å². The SMILES string of the molecule is Cc1ccccc1C(=O)Nc1ccc(C(=O)N2c3ccc(Cl)cc3C(OCC(=O)NC3CCNCC3)CCC2C)cc1. The van der Waals surface area contributed by atoms with Crippen molar-refractivity contribution < 1.29 is 19.1 Å². The number of aryl methyl sites for hydroxylation is 1. The first-order chi connectivity index (χ1) is 20.3. The number of amides is 3. The summed E-state index contributed by atoms with van der Waals surface area (Å²) in [4.78, 5) is 41.1. The fraction of sp³-hybridized carbons (Fsp3) is 0.364. The summed E-state index contributed by atoms with van der Waals surface area (Å²) >= 11 is 6.40. The van der Waals surface area contributed by atoms with Gasteiger partial charge in [0.05, 0.1) is 11.8 Å². The topological polar surface area (TPSA) is 99.8 Å². The molecular formula is C33H37ClN4O4. The van der Waals surface area contributed by atoms with E-state index in [0.717, 1.165) is 42.7 Å². The van der Waals surface area contributed by atoms with Gasteiger partial charge in [-0.3, -0.25) is 14.4 Å². The van der Waals surface area contributed by atoms with Crippen LogP contribution in [0.5, 0.6) is 0 Å². The van der Waals surface area contributed by atoms with E-state index < -0.39 is 0 Å². The molecule has 42 heavy (non-hydrogen) atoms. The monoisotopic (exact) mass is 588 g/mol. The normalized spacial score (nSPS) is 19.0. The Kier molecular flexibility index (Phi) is 9.57. The number of nitrogens with one attached hydrogen (secondary N) is 3. The molecule has 2 aliphatic heterocycles. The number of piperidine rings is 1. The Morgan fingerprint density at radius 1 is 0.976 bits per heavy atom. The fourth-order valence-electron chi connectivity index (χ4n) is 5.67. The Morgan fingerprint density at radius 2 is 1.71 bits per heavy atom. The van der Waals surface area contributed by atoms with E-state index in [-0.39, 0.29) is 42.5 Å². The lowest BCUT2D eigenvalue weighted by Gasteiger charge is -2.29. The summed E-state index contributed by atoms with van der Waals surface area (Å²) in [5.74, 6) is -0.493. The molecule has 2 aliphatic rings. The maximum atomic E-state index is 13.9. The third-order valence-corrected chi connectivity index (χ3v) is 8.24. The van der Waals surface area contributed by atoms with Crippen molar-refractivity contribution in [3.05, 3.63) is 94.0 Å². The van der Waals surface area contributed by atoms with Crippen LogP contribution in [-0.2, 0) is 9.53 Å². The van der Waals surface area contributed by atoms with E-state index in [2.05, 4.69) is 16.0 Å². The van der Waals surface area contributed by atoms with E-state index in [1.165, 1.54) is 0 Å². The van der Waals surface area contributed by atoms with Gasteiger partial charge in [-0.25, -0.2) is 0 Å². The molecule has 3 aromatic carbocycles. The van der Waals surface area contributed by atoms with Gasteiger partial charge in [0.1, 0.15) is 6.61 Å². The molecule has 3 N–H and O–H groups in total. The van der Waals surface area contributed by atoms with E-state index in [0.29, 0.717) is 34.7 Å². The highest BCUT2D eigenvalue weighted by molar-refractivity contribution is 6.30. The summed E-state index contributed by atoms with van der Waals surface area (Å²) in [7, 11) is 0.